The van der Waals surface area contributed by atoms with E-state index in [4.69, 9.17) is 9.47 Å². The van der Waals surface area contributed by atoms with Crippen LogP contribution in [0.2, 0.25) is 0 Å². The van der Waals surface area contributed by atoms with Crippen molar-refractivity contribution >= 4 is 0 Å². The van der Waals surface area contributed by atoms with Crippen molar-refractivity contribution in [2.45, 2.75) is 32.9 Å². The molecule has 1 aromatic carbocycles. The van der Waals surface area contributed by atoms with Crippen molar-refractivity contribution in [1.82, 2.24) is 5.32 Å². The van der Waals surface area contributed by atoms with Crippen LogP contribution in [0.1, 0.15) is 25.8 Å². The quantitative estimate of drug-likeness (QED) is 0.567. The van der Waals surface area contributed by atoms with Gasteiger partial charge in [-0.15, -0.1) is 6.58 Å². The molecule has 0 aliphatic rings. The number of ether oxygens (including phenoxy) is 2. The number of benzene rings is 1. The summed E-state index contributed by atoms with van der Waals surface area (Å²) in [5.74, 6) is 1.56. The number of hydrogen-bond donors (Lipinski definition) is 1. The average molecular weight is 249 g/mol. The third-order valence-corrected chi connectivity index (χ3v) is 2.52. The summed E-state index contributed by atoms with van der Waals surface area (Å²) in [5.41, 5.74) is 1.19. The highest BCUT2D eigenvalue weighted by Gasteiger charge is 2.05. The van der Waals surface area contributed by atoms with Crippen LogP contribution in [0.15, 0.2) is 30.9 Å². The Labute approximate surface area is 110 Å². The highest BCUT2D eigenvalue weighted by molar-refractivity contribution is 5.42. The van der Waals surface area contributed by atoms with E-state index in [1.165, 1.54) is 5.56 Å². The monoisotopic (exact) mass is 249 g/mol. The molecule has 0 aliphatic carbocycles. The Morgan fingerprint density at radius 3 is 2.72 bits per heavy atom. The Balaban J connectivity index is 2.70. The first-order chi connectivity index (χ1) is 8.67. The minimum atomic E-state index is 0.470. The second kappa shape index (κ2) is 7.77. The summed E-state index contributed by atoms with van der Waals surface area (Å²) in [4.78, 5) is 0. The van der Waals surface area contributed by atoms with Crippen molar-refractivity contribution in [2.75, 3.05) is 13.7 Å². The Kier molecular flexibility index (Phi) is 6.29. The second-order valence-corrected chi connectivity index (χ2v) is 4.45. The molecule has 0 aromatic heterocycles. The smallest absolute Gasteiger partial charge is 0.161 e. The lowest BCUT2D eigenvalue weighted by atomic mass is 10.2. The number of methoxy groups -OCH3 is 1. The molecule has 0 saturated carbocycles. The SMILES string of the molecule is C=CCCOc1cc(CNC(C)C)ccc1OC. The van der Waals surface area contributed by atoms with Crippen molar-refractivity contribution in [1.29, 1.82) is 0 Å². The largest absolute Gasteiger partial charge is 0.493 e. The van der Waals surface area contributed by atoms with Gasteiger partial charge >= 0.3 is 0 Å². The third kappa shape index (κ3) is 4.80. The normalized spacial score (nSPS) is 10.4. The molecular weight excluding hydrogens is 226 g/mol. The molecule has 0 saturated heterocycles. The number of nitrogens with one attached hydrogen (secondary N) is 1. The summed E-state index contributed by atoms with van der Waals surface area (Å²) in [6, 6.07) is 6.49. The predicted octanol–water partition coefficient (Wildman–Crippen LogP) is 3.15. The number of rotatable bonds is 8. The highest BCUT2D eigenvalue weighted by atomic mass is 16.5. The van der Waals surface area contributed by atoms with E-state index in [0.717, 1.165) is 24.5 Å². The minimum absolute atomic E-state index is 0.470. The molecule has 0 heterocycles. The van der Waals surface area contributed by atoms with Crippen LogP contribution in [0.25, 0.3) is 0 Å². The van der Waals surface area contributed by atoms with Gasteiger partial charge in [0.15, 0.2) is 11.5 Å². The van der Waals surface area contributed by atoms with E-state index in [1.54, 1.807) is 7.11 Å². The van der Waals surface area contributed by atoms with E-state index in [1.807, 2.05) is 18.2 Å². The predicted molar refractivity (Wildman–Crippen MR) is 75.3 cm³/mol. The van der Waals surface area contributed by atoms with Crippen LogP contribution in [-0.4, -0.2) is 19.8 Å². The fraction of sp³-hybridized carbons (Fsp3) is 0.467. The van der Waals surface area contributed by atoms with E-state index < -0.39 is 0 Å². The lowest BCUT2D eigenvalue weighted by Gasteiger charge is -2.13. The summed E-state index contributed by atoms with van der Waals surface area (Å²) < 4.78 is 11.0. The molecule has 18 heavy (non-hydrogen) atoms. The van der Waals surface area contributed by atoms with Gasteiger partial charge in [0, 0.05) is 12.6 Å². The Morgan fingerprint density at radius 2 is 2.11 bits per heavy atom. The molecule has 0 radical (unpaired) electrons. The molecule has 1 aromatic rings. The van der Waals surface area contributed by atoms with Crippen molar-refractivity contribution in [3.63, 3.8) is 0 Å². The van der Waals surface area contributed by atoms with Gasteiger partial charge in [-0.05, 0) is 24.1 Å². The van der Waals surface area contributed by atoms with Crippen LogP contribution in [0.4, 0.5) is 0 Å². The van der Waals surface area contributed by atoms with Gasteiger partial charge in [-0.2, -0.15) is 0 Å². The molecule has 0 unspecified atom stereocenters. The summed E-state index contributed by atoms with van der Waals surface area (Å²) >= 11 is 0. The van der Waals surface area contributed by atoms with E-state index in [-0.39, 0.29) is 0 Å². The minimum Gasteiger partial charge on any atom is -0.493 e. The fourth-order valence-electron chi connectivity index (χ4n) is 1.52. The molecule has 1 rings (SSSR count). The molecule has 0 spiro atoms. The van der Waals surface area contributed by atoms with E-state index in [9.17, 15) is 0 Å². The van der Waals surface area contributed by atoms with E-state index in [0.29, 0.717) is 12.6 Å². The zero-order valence-corrected chi connectivity index (χ0v) is 11.5. The van der Waals surface area contributed by atoms with Crippen LogP contribution in [-0.2, 0) is 6.54 Å². The van der Waals surface area contributed by atoms with Gasteiger partial charge in [0.1, 0.15) is 0 Å². The maximum Gasteiger partial charge on any atom is 0.161 e. The first-order valence-electron chi connectivity index (χ1n) is 6.31. The maximum atomic E-state index is 5.69. The first-order valence-corrected chi connectivity index (χ1v) is 6.31. The molecule has 3 heteroatoms. The van der Waals surface area contributed by atoms with Gasteiger partial charge in [-0.3, -0.25) is 0 Å². The molecule has 0 fully saturated rings. The zero-order valence-electron chi connectivity index (χ0n) is 11.5. The van der Waals surface area contributed by atoms with Gasteiger partial charge in [0.25, 0.3) is 0 Å². The van der Waals surface area contributed by atoms with Crippen LogP contribution >= 0.6 is 0 Å². The van der Waals surface area contributed by atoms with Gasteiger partial charge in [-0.25, -0.2) is 0 Å². The van der Waals surface area contributed by atoms with E-state index in [2.05, 4.69) is 31.8 Å². The van der Waals surface area contributed by atoms with Crippen molar-refractivity contribution in [2.24, 2.45) is 0 Å². The van der Waals surface area contributed by atoms with Gasteiger partial charge in [0.05, 0.1) is 13.7 Å². The average Bonchev–Trinajstić information content (AvgIpc) is 2.37. The summed E-state index contributed by atoms with van der Waals surface area (Å²) in [6.07, 6.45) is 2.67. The second-order valence-electron chi connectivity index (χ2n) is 4.45. The summed E-state index contributed by atoms with van der Waals surface area (Å²) in [6.45, 7) is 9.40. The van der Waals surface area contributed by atoms with Crippen molar-refractivity contribution < 1.29 is 9.47 Å². The third-order valence-electron chi connectivity index (χ3n) is 2.52. The maximum absolute atomic E-state index is 5.69. The fourth-order valence-corrected chi connectivity index (χ4v) is 1.52. The first kappa shape index (κ1) is 14.6. The molecule has 1 N–H and O–H groups in total. The molecule has 100 valence electrons. The molecule has 0 bridgehead atoms. The molecule has 0 atom stereocenters. The zero-order chi connectivity index (χ0) is 13.4. The Hall–Kier alpha value is -1.48. The molecule has 0 amide bonds. The Bertz CT molecular complexity index is 375. The lowest BCUT2D eigenvalue weighted by molar-refractivity contribution is 0.299. The van der Waals surface area contributed by atoms with Crippen molar-refractivity contribution in [3.8, 4) is 11.5 Å². The van der Waals surface area contributed by atoms with Crippen LogP contribution in [0.5, 0.6) is 11.5 Å². The van der Waals surface area contributed by atoms with Gasteiger partial charge in [-0.1, -0.05) is 26.0 Å². The molecule has 3 nitrogen and oxygen atoms in total. The standard InChI is InChI=1S/C15H23NO2/c1-5-6-9-18-15-10-13(11-16-12(2)3)7-8-14(15)17-4/h5,7-8,10,12,16H,1,6,9,11H2,2-4H3. The van der Waals surface area contributed by atoms with Gasteiger partial charge < -0.3 is 14.8 Å². The van der Waals surface area contributed by atoms with Crippen LogP contribution in [0, 0.1) is 0 Å². The van der Waals surface area contributed by atoms with Gasteiger partial charge in [0.2, 0.25) is 0 Å². The highest BCUT2D eigenvalue weighted by Crippen LogP contribution is 2.28. The lowest BCUT2D eigenvalue weighted by Crippen LogP contribution is -2.21. The summed E-state index contributed by atoms with van der Waals surface area (Å²) in [5, 5.41) is 3.38. The van der Waals surface area contributed by atoms with E-state index >= 15 is 0 Å². The topological polar surface area (TPSA) is 30.5 Å². The molecular formula is C15H23NO2. The Morgan fingerprint density at radius 1 is 1.33 bits per heavy atom. The van der Waals surface area contributed by atoms with Crippen molar-refractivity contribution in [3.05, 3.63) is 36.4 Å². The summed E-state index contributed by atoms with van der Waals surface area (Å²) in [7, 11) is 1.65. The van der Waals surface area contributed by atoms with Crippen LogP contribution < -0.4 is 14.8 Å². The molecule has 0 aliphatic heterocycles. The number of hydrogen-bond acceptors (Lipinski definition) is 3. The van der Waals surface area contributed by atoms with Crippen LogP contribution in [0.3, 0.4) is 0 Å².